The van der Waals surface area contributed by atoms with Gasteiger partial charge in [0.2, 0.25) is 5.95 Å². The number of thiazole rings is 1. The summed E-state index contributed by atoms with van der Waals surface area (Å²) >= 11 is 1.19. The van der Waals surface area contributed by atoms with Gasteiger partial charge in [-0.1, -0.05) is 31.1 Å². The summed E-state index contributed by atoms with van der Waals surface area (Å²) in [6.07, 6.45) is 4.39. The van der Waals surface area contributed by atoms with Crippen LogP contribution in [-0.4, -0.2) is 31.7 Å². The summed E-state index contributed by atoms with van der Waals surface area (Å²) in [5, 5.41) is 5.01. The molecule has 0 amide bonds. The maximum Gasteiger partial charge on any atom is 0.357 e. The first kappa shape index (κ1) is 24.6. The number of carbonyl (C=O) groups is 1. The van der Waals surface area contributed by atoms with Crippen molar-refractivity contribution in [2.45, 2.75) is 46.1 Å². The van der Waals surface area contributed by atoms with Crippen LogP contribution in [0.3, 0.4) is 0 Å². The molecule has 0 bridgehead atoms. The van der Waals surface area contributed by atoms with E-state index >= 15 is 0 Å². The van der Waals surface area contributed by atoms with E-state index in [2.05, 4.69) is 22.2 Å². The molecule has 2 aromatic heterocycles. The zero-order valence-corrected chi connectivity index (χ0v) is 20.8. The summed E-state index contributed by atoms with van der Waals surface area (Å²) in [6, 6.07) is 6.95. The lowest BCUT2D eigenvalue weighted by Gasteiger charge is -2.27. The lowest BCUT2D eigenvalue weighted by Crippen LogP contribution is -2.42. The standard InChI is InChI=1S/C24H29N5O5S/c1-4-33-20(30)19-14-35-23(26-19)34-18-11-9-17(10-12-18)25-21-27-22(31)28(3)24(32)29(21)13-16-7-5-15(2)6-8-16/h9-12,14-16H,4-8,13H2,1-3H3,(H,25,27,31). The molecule has 1 aromatic carbocycles. The fourth-order valence-corrected chi connectivity index (χ4v) is 4.71. The first-order valence-corrected chi connectivity index (χ1v) is 12.6. The van der Waals surface area contributed by atoms with Crippen molar-refractivity contribution >= 4 is 28.9 Å². The zero-order chi connectivity index (χ0) is 24.9. The zero-order valence-electron chi connectivity index (χ0n) is 20.0. The minimum atomic E-state index is -0.604. The highest BCUT2D eigenvalue weighted by atomic mass is 32.1. The Balaban J connectivity index is 1.48. The molecule has 3 aromatic rings. The number of aromatic nitrogens is 4. The van der Waals surface area contributed by atoms with Gasteiger partial charge in [0.1, 0.15) is 5.75 Å². The van der Waals surface area contributed by atoms with Gasteiger partial charge in [0, 0.05) is 24.7 Å². The smallest absolute Gasteiger partial charge is 0.357 e. The number of ether oxygens (including phenoxy) is 2. The third-order valence-corrected chi connectivity index (χ3v) is 6.84. The summed E-state index contributed by atoms with van der Waals surface area (Å²) in [5.41, 5.74) is -0.137. The number of anilines is 2. The minimum Gasteiger partial charge on any atom is -0.461 e. The summed E-state index contributed by atoms with van der Waals surface area (Å²) in [5.74, 6) is 1.33. The van der Waals surface area contributed by atoms with Crippen LogP contribution in [0.4, 0.5) is 11.6 Å². The highest BCUT2D eigenvalue weighted by Crippen LogP contribution is 2.30. The van der Waals surface area contributed by atoms with Crippen LogP contribution in [-0.2, 0) is 18.3 Å². The van der Waals surface area contributed by atoms with Crippen LogP contribution in [0.1, 0.15) is 50.0 Å². The molecule has 35 heavy (non-hydrogen) atoms. The summed E-state index contributed by atoms with van der Waals surface area (Å²) in [4.78, 5) is 45.1. The van der Waals surface area contributed by atoms with Gasteiger partial charge in [0.15, 0.2) is 5.69 Å². The van der Waals surface area contributed by atoms with Crippen molar-refractivity contribution in [3.8, 4) is 10.9 Å². The summed E-state index contributed by atoms with van der Waals surface area (Å²) < 4.78 is 13.3. The van der Waals surface area contributed by atoms with Gasteiger partial charge in [-0.2, -0.15) is 9.97 Å². The molecule has 1 N–H and O–H groups in total. The molecule has 10 nitrogen and oxygen atoms in total. The molecule has 4 rings (SSSR count). The van der Waals surface area contributed by atoms with Gasteiger partial charge < -0.3 is 14.8 Å². The molecule has 0 spiro atoms. The molecule has 2 heterocycles. The third kappa shape index (κ3) is 5.97. The van der Waals surface area contributed by atoms with E-state index in [9.17, 15) is 14.4 Å². The molecule has 186 valence electrons. The Hall–Kier alpha value is -3.47. The Morgan fingerprint density at radius 1 is 1.14 bits per heavy atom. The summed E-state index contributed by atoms with van der Waals surface area (Å²) in [7, 11) is 1.44. The van der Waals surface area contributed by atoms with E-state index in [1.54, 1.807) is 41.1 Å². The van der Waals surface area contributed by atoms with Crippen molar-refractivity contribution in [2.75, 3.05) is 11.9 Å². The SMILES string of the molecule is CCOC(=O)c1csc(Oc2ccc(Nc3nc(=O)n(C)c(=O)n3CC3CCC(C)CC3)cc2)n1. The molecule has 0 atom stereocenters. The molecule has 0 unspecified atom stereocenters. The first-order chi connectivity index (χ1) is 16.8. The third-order valence-electron chi connectivity index (χ3n) is 6.12. The van der Waals surface area contributed by atoms with Gasteiger partial charge in [-0.15, -0.1) is 0 Å². The number of carbonyl (C=O) groups excluding carboxylic acids is 1. The first-order valence-electron chi connectivity index (χ1n) is 11.7. The Morgan fingerprint density at radius 2 is 1.86 bits per heavy atom. The fraction of sp³-hybridized carbons (Fsp3) is 0.458. The topological polar surface area (TPSA) is 117 Å². The molecule has 1 fully saturated rings. The Bertz CT molecular complexity index is 1290. The van der Waals surface area contributed by atoms with Gasteiger partial charge in [-0.3, -0.25) is 4.57 Å². The second kappa shape index (κ2) is 10.9. The second-order valence-electron chi connectivity index (χ2n) is 8.77. The van der Waals surface area contributed by atoms with Crippen LogP contribution >= 0.6 is 11.3 Å². The number of nitrogens with one attached hydrogen (secondary N) is 1. The normalized spacial score (nSPS) is 17.7. The molecular weight excluding hydrogens is 470 g/mol. The van der Waals surface area contributed by atoms with E-state index in [-0.39, 0.29) is 23.9 Å². The number of benzene rings is 1. The van der Waals surface area contributed by atoms with Crippen LogP contribution < -0.4 is 21.4 Å². The van der Waals surface area contributed by atoms with E-state index < -0.39 is 11.7 Å². The van der Waals surface area contributed by atoms with E-state index in [0.29, 0.717) is 35.0 Å². The quantitative estimate of drug-likeness (QED) is 0.463. The van der Waals surface area contributed by atoms with Crippen molar-refractivity contribution in [3.05, 3.63) is 56.3 Å². The fourth-order valence-electron chi connectivity index (χ4n) is 4.05. The molecule has 11 heteroatoms. The molecule has 1 aliphatic carbocycles. The predicted octanol–water partition coefficient (Wildman–Crippen LogP) is 3.94. The van der Waals surface area contributed by atoms with Gasteiger partial charge >= 0.3 is 17.3 Å². The van der Waals surface area contributed by atoms with Crippen LogP contribution in [0.5, 0.6) is 10.9 Å². The number of rotatable bonds is 8. The predicted molar refractivity (Wildman–Crippen MR) is 133 cm³/mol. The monoisotopic (exact) mass is 499 g/mol. The lowest BCUT2D eigenvalue weighted by atomic mass is 9.83. The molecule has 1 saturated carbocycles. The molecule has 0 radical (unpaired) electrons. The van der Waals surface area contributed by atoms with Crippen molar-refractivity contribution in [2.24, 2.45) is 18.9 Å². The highest BCUT2D eigenvalue weighted by molar-refractivity contribution is 7.11. The van der Waals surface area contributed by atoms with Gasteiger partial charge in [0.25, 0.3) is 5.19 Å². The minimum absolute atomic E-state index is 0.201. The Kier molecular flexibility index (Phi) is 7.64. The van der Waals surface area contributed by atoms with Gasteiger partial charge in [-0.05, 0) is 55.9 Å². The van der Waals surface area contributed by atoms with Crippen molar-refractivity contribution in [3.63, 3.8) is 0 Å². The molecule has 1 aliphatic rings. The number of esters is 1. The lowest BCUT2D eigenvalue weighted by molar-refractivity contribution is 0.0520. The average Bonchev–Trinajstić information content (AvgIpc) is 3.31. The highest BCUT2D eigenvalue weighted by Gasteiger charge is 2.21. The Labute approximate surface area is 206 Å². The van der Waals surface area contributed by atoms with E-state index in [0.717, 1.165) is 30.3 Å². The van der Waals surface area contributed by atoms with Crippen LogP contribution in [0.25, 0.3) is 0 Å². The maximum absolute atomic E-state index is 12.9. The number of hydrogen-bond acceptors (Lipinski definition) is 9. The summed E-state index contributed by atoms with van der Waals surface area (Å²) in [6.45, 7) is 4.78. The van der Waals surface area contributed by atoms with E-state index in [1.165, 1.54) is 18.4 Å². The second-order valence-corrected chi connectivity index (χ2v) is 9.59. The number of hydrogen-bond donors (Lipinski definition) is 1. The van der Waals surface area contributed by atoms with Crippen LogP contribution in [0, 0.1) is 11.8 Å². The van der Waals surface area contributed by atoms with Crippen molar-refractivity contribution < 1.29 is 14.3 Å². The molecule has 0 aliphatic heterocycles. The van der Waals surface area contributed by atoms with E-state index in [4.69, 9.17) is 9.47 Å². The number of nitrogens with zero attached hydrogens (tertiary/aromatic N) is 4. The van der Waals surface area contributed by atoms with Crippen LogP contribution in [0.2, 0.25) is 0 Å². The van der Waals surface area contributed by atoms with Crippen LogP contribution in [0.15, 0.2) is 39.2 Å². The van der Waals surface area contributed by atoms with Gasteiger partial charge in [-0.25, -0.2) is 19.0 Å². The van der Waals surface area contributed by atoms with Crippen molar-refractivity contribution in [1.82, 2.24) is 19.1 Å². The maximum atomic E-state index is 12.9. The van der Waals surface area contributed by atoms with Gasteiger partial charge in [0.05, 0.1) is 6.61 Å². The van der Waals surface area contributed by atoms with Crippen molar-refractivity contribution in [1.29, 1.82) is 0 Å². The average molecular weight is 500 g/mol. The Morgan fingerprint density at radius 3 is 2.54 bits per heavy atom. The molecule has 0 saturated heterocycles. The molecular formula is C24H29N5O5S. The van der Waals surface area contributed by atoms with E-state index in [1.807, 2.05) is 0 Å². The largest absolute Gasteiger partial charge is 0.461 e.